The Morgan fingerprint density at radius 1 is 1.20 bits per heavy atom. The molecule has 3 rings (SSSR count). The van der Waals surface area contributed by atoms with Crippen LogP contribution in [0.4, 0.5) is 0 Å². The fraction of sp³-hybridized carbons (Fsp3) is 0.450. The molecule has 4 nitrogen and oxygen atoms in total. The average molecular weight is 358 g/mol. The van der Waals surface area contributed by atoms with Gasteiger partial charge >= 0.3 is 0 Å². The molecule has 0 saturated carbocycles. The van der Waals surface area contributed by atoms with Crippen molar-refractivity contribution in [1.29, 1.82) is 0 Å². The fourth-order valence-corrected chi connectivity index (χ4v) is 3.92. The van der Waals surface area contributed by atoms with E-state index in [1.54, 1.807) is 11.3 Å². The topological polar surface area (TPSA) is 35.6 Å². The van der Waals surface area contributed by atoms with Crippen LogP contribution in [0.3, 0.4) is 0 Å². The summed E-state index contributed by atoms with van der Waals surface area (Å²) in [6.45, 7) is 9.69. The summed E-state index contributed by atoms with van der Waals surface area (Å²) < 4.78 is 0. The van der Waals surface area contributed by atoms with Crippen molar-refractivity contribution in [2.45, 2.75) is 33.0 Å². The molecule has 1 aromatic heterocycles. The number of hydrogen-bond donors (Lipinski definition) is 1. The molecule has 25 heavy (non-hydrogen) atoms. The van der Waals surface area contributed by atoms with E-state index in [1.165, 1.54) is 16.0 Å². The van der Waals surface area contributed by atoms with Crippen molar-refractivity contribution < 1.29 is 4.79 Å². The Kier molecular flexibility index (Phi) is 6.24. The summed E-state index contributed by atoms with van der Waals surface area (Å²) in [4.78, 5) is 18.3. The Morgan fingerprint density at radius 3 is 2.68 bits per heavy atom. The zero-order valence-electron chi connectivity index (χ0n) is 15.1. The second-order valence-electron chi connectivity index (χ2n) is 6.77. The van der Waals surface area contributed by atoms with Gasteiger partial charge in [-0.1, -0.05) is 35.9 Å². The van der Waals surface area contributed by atoms with Gasteiger partial charge in [0.25, 0.3) is 0 Å². The predicted octanol–water partition coefficient (Wildman–Crippen LogP) is 2.88. The number of carbonyl (C=O) groups is 1. The zero-order valence-corrected chi connectivity index (χ0v) is 15.9. The van der Waals surface area contributed by atoms with Crippen LogP contribution in [0.5, 0.6) is 0 Å². The lowest BCUT2D eigenvalue weighted by atomic mass is 10.1. The van der Waals surface area contributed by atoms with Crippen molar-refractivity contribution in [3.05, 3.63) is 57.8 Å². The number of nitrogens with one attached hydrogen (secondary N) is 1. The van der Waals surface area contributed by atoms with Gasteiger partial charge in [-0.3, -0.25) is 14.6 Å². The maximum atomic E-state index is 12.4. The number of piperazine rings is 1. The van der Waals surface area contributed by atoms with Crippen LogP contribution < -0.4 is 5.32 Å². The van der Waals surface area contributed by atoms with Gasteiger partial charge in [-0.2, -0.15) is 0 Å². The van der Waals surface area contributed by atoms with E-state index in [0.29, 0.717) is 6.54 Å². The third-order valence-electron chi connectivity index (χ3n) is 4.84. The summed E-state index contributed by atoms with van der Waals surface area (Å²) in [6, 6.07) is 12.7. The predicted molar refractivity (Wildman–Crippen MR) is 104 cm³/mol. The Labute approximate surface area is 154 Å². The molecule has 0 radical (unpaired) electrons. The van der Waals surface area contributed by atoms with E-state index >= 15 is 0 Å². The van der Waals surface area contributed by atoms with Gasteiger partial charge in [-0.05, 0) is 30.9 Å². The highest BCUT2D eigenvalue weighted by Crippen LogP contribution is 2.13. The number of amides is 1. The molecule has 1 aromatic carbocycles. The number of hydrogen-bond acceptors (Lipinski definition) is 4. The van der Waals surface area contributed by atoms with Gasteiger partial charge in [0.1, 0.15) is 0 Å². The lowest BCUT2D eigenvalue weighted by molar-refractivity contribution is -0.126. The van der Waals surface area contributed by atoms with Gasteiger partial charge in [0, 0.05) is 37.6 Å². The summed E-state index contributed by atoms with van der Waals surface area (Å²) in [7, 11) is 0. The highest BCUT2D eigenvalue weighted by Gasteiger charge is 2.25. The summed E-state index contributed by atoms with van der Waals surface area (Å²) in [5, 5.41) is 5.10. The monoisotopic (exact) mass is 357 g/mol. The van der Waals surface area contributed by atoms with E-state index < -0.39 is 0 Å². The molecule has 2 aromatic rings. The fourth-order valence-electron chi connectivity index (χ4n) is 3.28. The van der Waals surface area contributed by atoms with E-state index in [9.17, 15) is 4.79 Å². The molecule has 1 unspecified atom stereocenters. The van der Waals surface area contributed by atoms with Gasteiger partial charge in [0.05, 0.1) is 12.6 Å². The van der Waals surface area contributed by atoms with E-state index in [1.807, 2.05) is 18.4 Å². The molecule has 1 aliphatic heterocycles. The smallest absolute Gasteiger partial charge is 0.237 e. The molecule has 2 heterocycles. The van der Waals surface area contributed by atoms with Crippen LogP contribution in [0.25, 0.3) is 0 Å². The van der Waals surface area contributed by atoms with Gasteiger partial charge in [-0.15, -0.1) is 11.3 Å². The minimum Gasteiger partial charge on any atom is -0.350 e. The maximum absolute atomic E-state index is 12.4. The first-order chi connectivity index (χ1) is 12.1. The molecule has 0 aliphatic carbocycles. The van der Waals surface area contributed by atoms with Crippen LogP contribution in [0.1, 0.15) is 22.9 Å². The molecule has 1 saturated heterocycles. The lowest BCUT2D eigenvalue weighted by Gasteiger charge is -2.37. The van der Waals surface area contributed by atoms with Crippen molar-refractivity contribution in [1.82, 2.24) is 15.1 Å². The first kappa shape index (κ1) is 18.1. The molecule has 1 N–H and O–H groups in total. The number of thiophene rings is 1. The molecule has 0 bridgehead atoms. The highest BCUT2D eigenvalue weighted by molar-refractivity contribution is 7.09. The highest BCUT2D eigenvalue weighted by atomic mass is 32.1. The van der Waals surface area contributed by atoms with E-state index in [0.717, 1.165) is 32.7 Å². The van der Waals surface area contributed by atoms with Crippen LogP contribution in [-0.2, 0) is 17.9 Å². The van der Waals surface area contributed by atoms with E-state index in [4.69, 9.17) is 0 Å². The van der Waals surface area contributed by atoms with Crippen LogP contribution in [-0.4, -0.2) is 47.9 Å². The van der Waals surface area contributed by atoms with Crippen LogP contribution in [0.2, 0.25) is 0 Å². The molecule has 1 atom stereocenters. The summed E-state index contributed by atoms with van der Waals surface area (Å²) in [5.74, 6) is 0.125. The minimum atomic E-state index is -0.0684. The Morgan fingerprint density at radius 2 is 2.00 bits per heavy atom. The standard InChI is InChI=1S/C20H27N3OS/c1-16-5-3-6-18(13-16)15-22-8-10-23(11-9-22)17(2)20(24)21-14-19-7-4-12-25-19/h3-7,12-13,17H,8-11,14-15H2,1-2H3,(H,21,24). The molecule has 134 valence electrons. The lowest BCUT2D eigenvalue weighted by Crippen LogP contribution is -2.53. The zero-order chi connectivity index (χ0) is 17.6. The molecular weight excluding hydrogens is 330 g/mol. The average Bonchev–Trinajstić information content (AvgIpc) is 3.13. The second-order valence-corrected chi connectivity index (χ2v) is 7.81. The first-order valence-corrected chi connectivity index (χ1v) is 9.82. The molecule has 1 amide bonds. The summed E-state index contributed by atoms with van der Waals surface area (Å²) in [5.41, 5.74) is 2.68. The third kappa shape index (κ3) is 5.14. The maximum Gasteiger partial charge on any atom is 0.237 e. The largest absolute Gasteiger partial charge is 0.350 e. The molecular formula is C20H27N3OS. The molecule has 5 heteroatoms. The number of benzene rings is 1. The summed E-state index contributed by atoms with van der Waals surface area (Å²) >= 11 is 1.68. The molecule has 0 spiro atoms. The SMILES string of the molecule is Cc1cccc(CN2CCN(C(C)C(=O)NCc3cccs3)CC2)c1. The van der Waals surface area contributed by atoms with Gasteiger partial charge in [-0.25, -0.2) is 0 Å². The van der Waals surface area contributed by atoms with Gasteiger partial charge in [0.2, 0.25) is 5.91 Å². The number of rotatable bonds is 6. The Balaban J connectivity index is 1.44. The normalized spacial score (nSPS) is 17.4. The van der Waals surface area contributed by atoms with Crippen LogP contribution in [0, 0.1) is 6.92 Å². The van der Waals surface area contributed by atoms with Crippen molar-refractivity contribution in [3.8, 4) is 0 Å². The Hall–Kier alpha value is -1.69. The quantitative estimate of drug-likeness (QED) is 0.863. The van der Waals surface area contributed by atoms with Crippen molar-refractivity contribution in [2.75, 3.05) is 26.2 Å². The van der Waals surface area contributed by atoms with Crippen molar-refractivity contribution in [3.63, 3.8) is 0 Å². The summed E-state index contributed by atoms with van der Waals surface area (Å²) in [6.07, 6.45) is 0. The van der Waals surface area contributed by atoms with Gasteiger partial charge in [0.15, 0.2) is 0 Å². The Bertz CT molecular complexity index is 678. The van der Waals surface area contributed by atoms with Crippen LogP contribution in [0.15, 0.2) is 41.8 Å². The molecule has 1 aliphatic rings. The van der Waals surface area contributed by atoms with E-state index in [-0.39, 0.29) is 11.9 Å². The van der Waals surface area contributed by atoms with Crippen molar-refractivity contribution >= 4 is 17.2 Å². The van der Waals surface area contributed by atoms with Crippen LogP contribution >= 0.6 is 11.3 Å². The second kappa shape index (κ2) is 8.61. The number of carbonyl (C=O) groups excluding carboxylic acids is 1. The third-order valence-corrected chi connectivity index (χ3v) is 5.72. The van der Waals surface area contributed by atoms with Crippen molar-refractivity contribution in [2.24, 2.45) is 0 Å². The van der Waals surface area contributed by atoms with Gasteiger partial charge < -0.3 is 5.32 Å². The first-order valence-electron chi connectivity index (χ1n) is 8.94. The number of aryl methyl sites for hydroxylation is 1. The minimum absolute atomic E-state index is 0.0684. The van der Waals surface area contributed by atoms with E-state index in [2.05, 4.69) is 52.4 Å². The number of nitrogens with zero attached hydrogens (tertiary/aromatic N) is 2. The molecule has 1 fully saturated rings.